The second kappa shape index (κ2) is 11.3. The van der Waals surface area contributed by atoms with Crippen LogP contribution in [0.15, 0.2) is 48.5 Å². The topological polar surface area (TPSA) is 105 Å². The van der Waals surface area contributed by atoms with Crippen LogP contribution in [0.2, 0.25) is 0 Å². The molecule has 0 unspecified atom stereocenters. The molecular weight excluding hydrogens is 396 g/mol. The summed E-state index contributed by atoms with van der Waals surface area (Å²) in [4.78, 5) is 27.0. The highest BCUT2D eigenvalue weighted by Crippen LogP contribution is 2.16. The van der Waals surface area contributed by atoms with Crippen molar-refractivity contribution in [3.8, 4) is 0 Å². The van der Waals surface area contributed by atoms with Gasteiger partial charge < -0.3 is 30.6 Å². The molecule has 0 bridgehead atoms. The monoisotopic (exact) mass is 428 g/mol. The maximum Gasteiger partial charge on any atom is 0.321 e. The summed E-state index contributed by atoms with van der Waals surface area (Å²) in [7, 11) is 3.27. The van der Waals surface area contributed by atoms with Crippen LogP contribution in [0.4, 0.5) is 21.0 Å². The molecule has 0 radical (unpaired) electrons. The number of benzene rings is 2. The highest BCUT2D eigenvalue weighted by Gasteiger charge is 2.12. The molecule has 0 aromatic heterocycles. The molecule has 2 atom stereocenters. The molecule has 0 aliphatic carbocycles. The van der Waals surface area contributed by atoms with Crippen LogP contribution in [0.3, 0.4) is 0 Å². The fourth-order valence-electron chi connectivity index (χ4n) is 3.04. The summed E-state index contributed by atoms with van der Waals surface area (Å²) in [5.74, 6) is 0. The first kappa shape index (κ1) is 24.2. The van der Waals surface area contributed by atoms with Gasteiger partial charge in [0.15, 0.2) is 0 Å². The van der Waals surface area contributed by atoms with Gasteiger partial charge in [0.25, 0.3) is 0 Å². The maximum absolute atomic E-state index is 12.1. The van der Waals surface area contributed by atoms with Crippen LogP contribution in [-0.4, -0.2) is 71.5 Å². The smallest absolute Gasteiger partial charge is 0.321 e. The van der Waals surface area contributed by atoms with E-state index < -0.39 is 12.2 Å². The van der Waals surface area contributed by atoms with Crippen molar-refractivity contribution in [2.24, 2.45) is 0 Å². The minimum atomic E-state index is -0.581. The van der Waals surface area contributed by atoms with Crippen molar-refractivity contribution in [3.05, 3.63) is 59.7 Å². The van der Waals surface area contributed by atoms with Crippen LogP contribution < -0.4 is 10.6 Å². The quantitative estimate of drug-likeness (QED) is 0.519. The van der Waals surface area contributed by atoms with Gasteiger partial charge in [-0.25, -0.2) is 9.59 Å². The molecule has 4 N–H and O–H groups in total. The standard InChI is InChI=1S/C23H32N4O4/c1-16(28)14-26(3)22(30)24-20-9-5-18(6-10-20)13-19-7-11-21(12-8-19)25-23(31)27(4)15-17(2)29/h5-12,16-17,28-29H,13-15H2,1-4H3,(H,24,30)(H,25,31)/t16-,17-/m0/s1. The van der Waals surface area contributed by atoms with E-state index in [0.717, 1.165) is 11.1 Å². The number of nitrogens with zero attached hydrogens (tertiary/aromatic N) is 2. The van der Waals surface area contributed by atoms with E-state index in [1.54, 1.807) is 27.9 Å². The van der Waals surface area contributed by atoms with Gasteiger partial charge in [0.05, 0.1) is 12.2 Å². The van der Waals surface area contributed by atoms with E-state index in [1.165, 1.54) is 9.80 Å². The third-order valence-corrected chi connectivity index (χ3v) is 4.59. The summed E-state index contributed by atoms with van der Waals surface area (Å²) >= 11 is 0. The Kier molecular flexibility index (Phi) is 8.84. The van der Waals surface area contributed by atoms with Gasteiger partial charge in [0.1, 0.15) is 0 Å². The Bertz CT molecular complexity index is 779. The van der Waals surface area contributed by atoms with Gasteiger partial charge in [-0.1, -0.05) is 24.3 Å². The molecule has 2 aromatic rings. The molecule has 0 saturated carbocycles. The minimum Gasteiger partial charge on any atom is -0.392 e. The molecule has 2 rings (SSSR count). The SMILES string of the molecule is C[C@H](O)CN(C)C(=O)Nc1ccc(Cc2ccc(NC(=O)N(C)C[C@H](C)O)cc2)cc1. The lowest BCUT2D eigenvalue weighted by molar-refractivity contribution is 0.149. The Balaban J connectivity index is 1.89. The van der Waals surface area contributed by atoms with Crippen LogP contribution in [0, 0.1) is 0 Å². The number of aliphatic hydroxyl groups excluding tert-OH is 2. The molecule has 0 aliphatic rings. The van der Waals surface area contributed by atoms with E-state index in [1.807, 2.05) is 48.5 Å². The number of amides is 4. The molecule has 0 aliphatic heterocycles. The zero-order valence-corrected chi connectivity index (χ0v) is 18.5. The third kappa shape index (κ3) is 8.27. The number of anilines is 2. The Morgan fingerprint density at radius 2 is 1.06 bits per heavy atom. The first-order valence-corrected chi connectivity index (χ1v) is 10.2. The normalized spacial score (nSPS) is 12.6. The van der Waals surface area contributed by atoms with Gasteiger partial charge in [0, 0.05) is 38.6 Å². The van der Waals surface area contributed by atoms with Crippen LogP contribution in [0.1, 0.15) is 25.0 Å². The summed E-state index contributed by atoms with van der Waals surface area (Å²) in [6.45, 7) is 3.79. The Hall–Kier alpha value is -3.10. The first-order valence-electron chi connectivity index (χ1n) is 10.2. The number of hydrogen-bond donors (Lipinski definition) is 4. The van der Waals surface area contributed by atoms with E-state index in [9.17, 15) is 19.8 Å². The van der Waals surface area contributed by atoms with E-state index in [0.29, 0.717) is 17.8 Å². The fourth-order valence-corrected chi connectivity index (χ4v) is 3.04. The van der Waals surface area contributed by atoms with Crippen LogP contribution in [-0.2, 0) is 6.42 Å². The molecule has 0 heterocycles. The molecule has 4 amide bonds. The fraction of sp³-hybridized carbons (Fsp3) is 0.391. The Morgan fingerprint density at radius 1 is 0.742 bits per heavy atom. The van der Waals surface area contributed by atoms with Crippen molar-refractivity contribution < 1.29 is 19.8 Å². The highest BCUT2D eigenvalue weighted by atomic mass is 16.3. The van der Waals surface area contributed by atoms with Crippen molar-refractivity contribution in [1.29, 1.82) is 0 Å². The highest BCUT2D eigenvalue weighted by molar-refractivity contribution is 5.89. The van der Waals surface area contributed by atoms with Gasteiger partial charge in [-0.15, -0.1) is 0 Å². The molecule has 0 fully saturated rings. The Labute approximate surface area is 183 Å². The second-order valence-corrected chi connectivity index (χ2v) is 7.89. The predicted molar refractivity (Wildman–Crippen MR) is 122 cm³/mol. The Morgan fingerprint density at radius 3 is 1.35 bits per heavy atom. The van der Waals surface area contributed by atoms with Crippen molar-refractivity contribution >= 4 is 23.4 Å². The predicted octanol–water partition coefficient (Wildman–Crippen LogP) is 2.97. The molecule has 31 heavy (non-hydrogen) atoms. The van der Waals surface area contributed by atoms with Gasteiger partial charge in [0.2, 0.25) is 0 Å². The van der Waals surface area contributed by atoms with E-state index in [4.69, 9.17) is 0 Å². The average Bonchev–Trinajstić information content (AvgIpc) is 2.69. The van der Waals surface area contributed by atoms with E-state index in [-0.39, 0.29) is 25.2 Å². The number of likely N-dealkylation sites (N-methyl/N-ethyl adjacent to an activating group) is 2. The zero-order chi connectivity index (χ0) is 23.0. The van der Waals surface area contributed by atoms with Crippen LogP contribution >= 0.6 is 0 Å². The lowest BCUT2D eigenvalue weighted by Gasteiger charge is -2.19. The molecule has 168 valence electrons. The minimum absolute atomic E-state index is 0.261. The molecular formula is C23H32N4O4. The second-order valence-electron chi connectivity index (χ2n) is 7.89. The summed E-state index contributed by atoms with van der Waals surface area (Å²) in [5, 5.41) is 24.4. The van der Waals surface area contributed by atoms with Gasteiger partial charge in [-0.2, -0.15) is 0 Å². The lowest BCUT2D eigenvalue weighted by Crippen LogP contribution is -2.36. The van der Waals surface area contributed by atoms with Gasteiger partial charge in [-0.05, 0) is 55.7 Å². The van der Waals surface area contributed by atoms with Gasteiger partial charge in [-0.3, -0.25) is 0 Å². The lowest BCUT2D eigenvalue weighted by atomic mass is 10.0. The average molecular weight is 429 g/mol. The molecule has 8 nitrogen and oxygen atoms in total. The van der Waals surface area contributed by atoms with Crippen molar-refractivity contribution in [2.75, 3.05) is 37.8 Å². The number of nitrogens with one attached hydrogen (secondary N) is 2. The summed E-state index contributed by atoms with van der Waals surface area (Å²) in [5.41, 5.74) is 3.55. The van der Waals surface area contributed by atoms with E-state index in [2.05, 4.69) is 10.6 Å². The number of hydrogen-bond acceptors (Lipinski definition) is 4. The molecule has 8 heteroatoms. The molecule has 0 saturated heterocycles. The molecule has 0 spiro atoms. The first-order chi connectivity index (χ1) is 14.6. The number of carbonyl (C=O) groups excluding carboxylic acids is 2. The van der Waals surface area contributed by atoms with Crippen molar-refractivity contribution in [2.45, 2.75) is 32.5 Å². The van der Waals surface area contributed by atoms with Crippen molar-refractivity contribution in [3.63, 3.8) is 0 Å². The third-order valence-electron chi connectivity index (χ3n) is 4.59. The number of aliphatic hydroxyl groups is 2. The summed E-state index contributed by atoms with van der Waals surface area (Å²) in [6.07, 6.45) is -0.447. The summed E-state index contributed by atoms with van der Waals surface area (Å²) in [6, 6.07) is 14.6. The van der Waals surface area contributed by atoms with Crippen molar-refractivity contribution in [1.82, 2.24) is 9.80 Å². The number of carbonyl (C=O) groups is 2. The zero-order valence-electron chi connectivity index (χ0n) is 18.5. The summed E-state index contributed by atoms with van der Waals surface area (Å²) < 4.78 is 0. The number of rotatable bonds is 8. The van der Waals surface area contributed by atoms with E-state index >= 15 is 0 Å². The molecule has 2 aromatic carbocycles. The number of urea groups is 2. The maximum atomic E-state index is 12.1. The van der Waals surface area contributed by atoms with Gasteiger partial charge >= 0.3 is 12.1 Å². The largest absolute Gasteiger partial charge is 0.392 e. The van der Waals surface area contributed by atoms with Crippen LogP contribution in [0.25, 0.3) is 0 Å². The van der Waals surface area contributed by atoms with Crippen LogP contribution in [0.5, 0.6) is 0 Å².